The molecule has 1 aromatic heterocycles. The smallest absolute Gasteiger partial charge is 0.110 e. The average molecular weight is 251 g/mol. The molecule has 1 N–H and O–H groups in total. The van der Waals surface area contributed by atoms with E-state index in [-0.39, 0.29) is 12.5 Å². The number of hydrogen-bond acceptors (Lipinski definition) is 2. The number of aliphatic hydroxyl groups excluding tert-OH is 1. The van der Waals surface area contributed by atoms with E-state index in [1.807, 2.05) is 42.8 Å². The SMILES string of the molecule is Cc1nccn1-c1ccc(C(C)CO)cc1Cl. The van der Waals surface area contributed by atoms with Crippen molar-refractivity contribution < 1.29 is 5.11 Å². The molecule has 2 aromatic rings. The summed E-state index contributed by atoms with van der Waals surface area (Å²) in [4.78, 5) is 4.17. The summed E-state index contributed by atoms with van der Waals surface area (Å²) in [5.41, 5.74) is 1.95. The van der Waals surface area contributed by atoms with Gasteiger partial charge in [0.1, 0.15) is 5.82 Å². The summed E-state index contributed by atoms with van der Waals surface area (Å²) in [7, 11) is 0. The normalized spacial score (nSPS) is 12.7. The second kappa shape index (κ2) is 4.90. The van der Waals surface area contributed by atoms with Crippen LogP contribution in [0.15, 0.2) is 30.6 Å². The minimum atomic E-state index is 0.102. The Bertz CT molecular complexity index is 522. The summed E-state index contributed by atoms with van der Waals surface area (Å²) in [6, 6.07) is 5.84. The lowest BCUT2D eigenvalue weighted by Crippen LogP contribution is -2.01. The van der Waals surface area contributed by atoms with Crippen LogP contribution in [0.25, 0.3) is 5.69 Å². The summed E-state index contributed by atoms with van der Waals surface area (Å²) >= 11 is 6.26. The lowest BCUT2D eigenvalue weighted by molar-refractivity contribution is 0.273. The molecule has 0 saturated heterocycles. The molecule has 0 amide bonds. The summed E-state index contributed by atoms with van der Waals surface area (Å²) in [5.74, 6) is 1.00. The third kappa shape index (κ3) is 2.35. The molecule has 0 aliphatic rings. The molecule has 1 heterocycles. The molecule has 17 heavy (non-hydrogen) atoms. The van der Waals surface area contributed by atoms with Gasteiger partial charge in [0.15, 0.2) is 0 Å². The molecule has 2 rings (SSSR count). The third-order valence-corrected chi connectivity index (χ3v) is 3.20. The van der Waals surface area contributed by atoms with Crippen LogP contribution in [0.2, 0.25) is 5.02 Å². The third-order valence-electron chi connectivity index (χ3n) is 2.90. The maximum absolute atomic E-state index is 9.12. The molecule has 1 unspecified atom stereocenters. The number of halogens is 1. The lowest BCUT2D eigenvalue weighted by atomic mass is 10.0. The van der Waals surface area contributed by atoms with E-state index in [9.17, 15) is 0 Å². The van der Waals surface area contributed by atoms with Crippen molar-refractivity contribution >= 4 is 11.6 Å². The Morgan fingerprint density at radius 2 is 2.24 bits per heavy atom. The highest BCUT2D eigenvalue weighted by Crippen LogP contribution is 2.26. The lowest BCUT2D eigenvalue weighted by Gasteiger charge is -2.12. The van der Waals surface area contributed by atoms with Crippen LogP contribution in [0.4, 0.5) is 0 Å². The van der Waals surface area contributed by atoms with Gasteiger partial charge in [0.2, 0.25) is 0 Å². The molecule has 0 spiro atoms. The van der Waals surface area contributed by atoms with E-state index in [4.69, 9.17) is 16.7 Å². The van der Waals surface area contributed by atoms with Gasteiger partial charge in [-0.25, -0.2) is 4.98 Å². The standard InChI is InChI=1S/C13H15ClN2O/c1-9(8-17)11-3-4-13(12(14)7-11)16-6-5-15-10(16)2/h3-7,9,17H,8H2,1-2H3. The zero-order chi connectivity index (χ0) is 12.4. The number of benzene rings is 1. The number of rotatable bonds is 3. The van der Waals surface area contributed by atoms with E-state index in [0.29, 0.717) is 5.02 Å². The fourth-order valence-corrected chi connectivity index (χ4v) is 2.04. The summed E-state index contributed by atoms with van der Waals surface area (Å²) < 4.78 is 1.94. The van der Waals surface area contributed by atoms with E-state index in [2.05, 4.69) is 4.98 Å². The van der Waals surface area contributed by atoms with Gasteiger partial charge in [0.05, 0.1) is 10.7 Å². The highest BCUT2D eigenvalue weighted by atomic mass is 35.5. The Hall–Kier alpha value is -1.32. The first-order chi connectivity index (χ1) is 8.13. The molecule has 0 radical (unpaired) electrons. The minimum absolute atomic E-state index is 0.102. The zero-order valence-corrected chi connectivity index (χ0v) is 10.6. The van der Waals surface area contributed by atoms with E-state index in [0.717, 1.165) is 17.1 Å². The van der Waals surface area contributed by atoms with Crippen LogP contribution < -0.4 is 0 Å². The van der Waals surface area contributed by atoms with Crippen molar-refractivity contribution in [1.82, 2.24) is 9.55 Å². The van der Waals surface area contributed by atoms with Gasteiger partial charge in [-0.2, -0.15) is 0 Å². The van der Waals surface area contributed by atoms with E-state index < -0.39 is 0 Å². The van der Waals surface area contributed by atoms with Gasteiger partial charge < -0.3 is 9.67 Å². The molecular weight excluding hydrogens is 236 g/mol. The summed E-state index contributed by atoms with van der Waals surface area (Å²) in [6.45, 7) is 4.02. The average Bonchev–Trinajstić information content (AvgIpc) is 2.74. The Morgan fingerprint density at radius 1 is 1.47 bits per heavy atom. The van der Waals surface area contributed by atoms with Crippen molar-refractivity contribution in [2.75, 3.05) is 6.61 Å². The molecule has 0 aliphatic heterocycles. The Labute approximate surface area is 106 Å². The largest absolute Gasteiger partial charge is 0.396 e. The van der Waals surface area contributed by atoms with E-state index >= 15 is 0 Å². The van der Waals surface area contributed by atoms with Gasteiger partial charge in [0.25, 0.3) is 0 Å². The number of aromatic nitrogens is 2. The molecule has 0 bridgehead atoms. The quantitative estimate of drug-likeness (QED) is 0.910. The van der Waals surface area contributed by atoms with Gasteiger partial charge in [-0.15, -0.1) is 0 Å². The summed E-state index contributed by atoms with van der Waals surface area (Å²) in [5, 5.41) is 9.79. The number of nitrogens with zero attached hydrogens (tertiary/aromatic N) is 2. The first-order valence-electron chi connectivity index (χ1n) is 5.54. The number of aliphatic hydroxyl groups is 1. The first-order valence-corrected chi connectivity index (χ1v) is 5.92. The van der Waals surface area contributed by atoms with Crippen LogP contribution in [0.1, 0.15) is 24.2 Å². The van der Waals surface area contributed by atoms with Crippen molar-refractivity contribution in [2.24, 2.45) is 0 Å². The molecule has 3 nitrogen and oxygen atoms in total. The van der Waals surface area contributed by atoms with Gasteiger partial charge in [-0.05, 0) is 24.6 Å². The van der Waals surface area contributed by atoms with Crippen LogP contribution in [0.3, 0.4) is 0 Å². The van der Waals surface area contributed by atoms with E-state index in [1.165, 1.54) is 0 Å². The van der Waals surface area contributed by atoms with Crippen molar-refractivity contribution in [3.8, 4) is 5.69 Å². The van der Waals surface area contributed by atoms with Crippen LogP contribution in [0.5, 0.6) is 0 Å². The zero-order valence-electron chi connectivity index (χ0n) is 9.89. The Morgan fingerprint density at radius 3 is 2.76 bits per heavy atom. The van der Waals surface area contributed by atoms with Gasteiger partial charge in [-0.1, -0.05) is 24.6 Å². The fourth-order valence-electron chi connectivity index (χ4n) is 1.76. The minimum Gasteiger partial charge on any atom is -0.396 e. The van der Waals surface area contributed by atoms with Crippen LogP contribution in [0, 0.1) is 6.92 Å². The summed E-state index contributed by atoms with van der Waals surface area (Å²) in [6.07, 6.45) is 3.63. The maximum atomic E-state index is 9.12. The molecule has 90 valence electrons. The molecule has 0 saturated carbocycles. The van der Waals surface area contributed by atoms with Crippen LogP contribution in [-0.2, 0) is 0 Å². The topological polar surface area (TPSA) is 38.0 Å². The van der Waals surface area contributed by atoms with Gasteiger partial charge >= 0.3 is 0 Å². The number of imidazole rings is 1. The predicted molar refractivity (Wildman–Crippen MR) is 68.8 cm³/mol. The predicted octanol–water partition coefficient (Wildman–Crippen LogP) is 2.93. The molecule has 0 aliphatic carbocycles. The highest BCUT2D eigenvalue weighted by Gasteiger charge is 2.09. The number of aryl methyl sites for hydroxylation is 1. The number of hydrogen-bond donors (Lipinski definition) is 1. The second-order valence-electron chi connectivity index (χ2n) is 4.14. The molecular formula is C13H15ClN2O. The first kappa shape index (κ1) is 12.1. The van der Waals surface area contributed by atoms with Crippen LogP contribution >= 0.6 is 11.6 Å². The van der Waals surface area contributed by atoms with E-state index in [1.54, 1.807) is 6.20 Å². The van der Waals surface area contributed by atoms with Crippen LogP contribution in [-0.4, -0.2) is 21.3 Å². The monoisotopic (exact) mass is 250 g/mol. The molecule has 4 heteroatoms. The molecule has 1 aromatic carbocycles. The van der Waals surface area contributed by atoms with Crippen molar-refractivity contribution in [2.45, 2.75) is 19.8 Å². The maximum Gasteiger partial charge on any atom is 0.110 e. The molecule has 0 fully saturated rings. The highest BCUT2D eigenvalue weighted by molar-refractivity contribution is 6.32. The second-order valence-corrected chi connectivity index (χ2v) is 4.55. The fraction of sp³-hybridized carbons (Fsp3) is 0.308. The van der Waals surface area contributed by atoms with Crippen molar-refractivity contribution in [3.63, 3.8) is 0 Å². The molecule has 1 atom stereocenters. The Balaban J connectivity index is 2.42. The van der Waals surface area contributed by atoms with Gasteiger partial charge in [0, 0.05) is 24.9 Å². The van der Waals surface area contributed by atoms with Crippen molar-refractivity contribution in [3.05, 3.63) is 47.0 Å². The van der Waals surface area contributed by atoms with Gasteiger partial charge in [-0.3, -0.25) is 0 Å². The van der Waals surface area contributed by atoms with Crippen molar-refractivity contribution in [1.29, 1.82) is 0 Å². The Kier molecular flexibility index (Phi) is 3.50.